The number of hydrogen-bond donors (Lipinski definition) is 0. The van der Waals surface area contributed by atoms with Crippen molar-refractivity contribution in [3.8, 4) is 0 Å². The van der Waals surface area contributed by atoms with E-state index in [0.717, 1.165) is 0 Å². The Morgan fingerprint density at radius 1 is 0.739 bits per heavy atom. The largest absolute Gasteiger partial charge is 0.400 e. The Morgan fingerprint density at radius 2 is 1.17 bits per heavy atom. The van der Waals surface area contributed by atoms with Crippen molar-refractivity contribution in [2.24, 2.45) is 11.8 Å². The van der Waals surface area contributed by atoms with Gasteiger partial charge in [0, 0.05) is 7.85 Å². The molecule has 23 heavy (non-hydrogen) atoms. The third kappa shape index (κ3) is 8.66. The van der Waals surface area contributed by atoms with Crippen molar-refractivity contribution >= 4 is 45.2 Å². The van der Waals surface area contributed by atoms with Gasteiger partial charge in [0.25, 0.3) is 0 Å². The fraction of sp³-hybridized carbons (Fsp3) is 1.00. The normalized spacial score (nSPS) is 18.1. The molecular formula is C12H15F9I2. The van der Waals surface area contributed by atoms with E-state index in [1.54, 1.807) is 29.5 Å². The molecule has 0 fully saturated rings. The van der Waals surface area contributed by atoms with Gasteiger partial charge in [-0.25, -0.2) is 0 Å². The molecule has 0 spiro atoms. The minimum absolute atomic E-state index is 0.213. The fourth-order valence-electron chi connectivity index (χ4n) is 2.02. The van der Waals surface area contributed by atoms with Crippen LogP contribution in [0.5, 0.6) is 0 Å². The summed E-state index contributed by atoms with van der Waals surface area (Å²) < 4.78 is 111. The zero-order valence-corrected chi connectivity index (χ0v) is 16.1. The average molecular weight is 584 g/mol. The summed E-state index contributed by atoms with van der Waals surface area (Å²) in [4.78, 5) is 0. The molecule has 0 bridgehead atoms. The van der Waals surface area contributed by atoms with E-state index in [-0.39, 0.29) is 12.8 Å². The highest BCUT2D eigenvalue weighted by atomic mass is 127. The van der Waals surface area contributed by atoms with E-state index in [1.807, 2.05) is 0 Å². The van der Waals surface area contributed by atoms with Crippen LogP contribution < -0.4 is 0 Å². The second kappa shape index (κ2) is 8.97. The monoisotopic (exact) mass is 584 g/mol. The van der Waals surface area contributed by atoms with E-state index >= 15 is 0 Å². The van der Waals surface area contributed by atoms with Gasteiger partial charge in [0.05, 0.1) is 5.92 Å². The highest BCUT2D eigenvalue weighted by Crippen LogP contribution is 2.44. The first-order chi connectivity index (χ1) is 10.1. The lowest BCUT2D eigenvalue weighted by molar-refractivity contribution is -0.285. The van der Waals surface area contributed by atoms with E-state index in [2.05, 4.69) is 0 Å². The van der Waals surface area contributed by atoms with Gasteiger partial charge in [-0.05, 0) is 25.7 Å². The molecule has 0 aliphatic carbocycles. The Balaban J connectivity index is 4.83. The third-order valence-electron chi connectivity index (χ3n) is 3.32. The van der Waals surface area contributed by atoms with Gasteiger partial charge in [-0.1, -0.05) is 52.1 Å². The summed E-state index contributed by atoms with van der Waals surface area (Å²) in [5.74, 6) is -5.25. The Bertz CT molecular complexity index is 334. The molecule has 0 saturated heterocycles. The summed E-state index contributed by atoms with van der Waals surface area (Å²) in [6, 6.07) is 0. The Morgan fingerprint density at radius 3 is 1.48 bits per heavy atom. The van der Waals surface area contributed by atoms with Crippen LogP contribution in [0.4, 0.5) is 39.5 Å². The highest BCUT2D eigenvalue weighted by Gasteiger charge is 2.56. The van der Waals surface area contributed by atoms with E-state index < -0.39 is 51.1 Å². The molecule has 0 rings (SSSR count). The molecule has 0 aromatic heterocycles. The lowest BCUT2D eigenvalue weighted by Crippen LogP contribution is -2.38. The Kier molecular flexibility index (Phi) is 9.29. The maximum absolute atomic E-state index is 12.9. The average Bonchev–Trinajstić information content (AvgIpc) is 2.31. The first-order valence-electron chi connectivity index (χ1n) is 6.58. The highest BCUT2D eigenvalue weighted by molar-refractivity contribution is 14.1. The van der Waals surface area contributed by atoms with Crippen LogP contribution in [0.25, 0.3) is 0 Å². The second-order valence-corrected chi connectivity index (χ2v) is 8.48. The standard InChI is InChI=1S/C12H15F9I2/c1-2-8(23)7(10(13,14)15)4-3-6(22)5-9(11(16,17)18)12(19,20)21/h6-9H,2-5H2,1H3. The van der Waals surface area contributed by atoms with E-state index in [9.17, 15) is 39.5 Å². The summed E-state index contributed by atoms with van der Waals surface area (Å²) in [5, 5.41) is 0. The third-order valence-corrected chi connectivity index (χ3v) is 6.20. The molecule has 0 nitrogen and oxygen atoms in total. The van der Waals surface area contributed by atoms with Crippen LogP contribution in [-0.2, 0) is 0 Å². The molecule has 3 unspecified atom stereocenters. The number of hydrogen-bond acceptors (Lipinski definition) is 0. The maximum Gasteiger partial charge on any atom is 0.400 e. The fourth-order valence-corrected chi connectivity index (χ4v) is 3.66. The molecule has 0 aromatic carbocycles. The topological polar surface area (TPSA) is 0 Å². The van der Waals surface area contributed by atoms with Crippen LogP contribution in [0.3, 0.4) is 0 Å². The first-order valence-corrected chi connectivity index (χ1v) is 9.08. The smallest absolute Gasteiger partial charge is 0.171 e. The zero-order chi connectivity index (χ0) is 18.6. The van der Waals surface area contributed by atoms with Crippen molar-refractivity contribution in [1.82, 2.24) is 0 Å². The number of rotatable bonds is 7. The Labute approximate surface area is 155 Å². The van der Waals surface area contributed by atoms with E-state index in [1.165, 1.54) is 22.6 Å². The van der Waals surface area contributed by atoms with Crippen molar-refractivity contribution in [3.63, 3.8) is 0 Å². The molecule has 140 valence electrons. The van der Waals surface area contributed by atoms with Crippen LogP contribution in [0.15, 0.2) is 0 Å². The van der Waals surface area contributed by atoms with Crippen molar-refractivity contribution in [2.75, 3.05) is 0 Å². The molecule has 0 radical (unpaired) electrons. The Hall–Kier alpha value is 0.830. The molecule has 0 aliphatic rings. The van der Waals surface area contributed by atoms with Crippen LogP contribution in [0.1, 0.15) is 32.6 Å². The van der Waals surface area contributed by atoms with E-state index in [0.29, 0.717) is 0 Å². The van der Waals surface area contributed by atoms with Gasteiger partial charge in [-0.15, -0.1) is 0 Å². The van der Waals surface area contributed by atoms with Crippen molar-refractivity contribution in [3.05, 3.63) is 0 Å². The lowest BCUT2D eigenvalue weighted by atomic mass is 9.93. The quantitative estimate of drug-likeness (QED) is 0.170. The zero-order valence-electron chi connectivity index (χ0n) is 11.8. The summed E-state index contributed by atoms with van der Waals surface area (Å²) in [6.07, 6.45) is -17.3. The molecule has 11 heteroatoms. The lowest BCUT2D eigenvalue weighted by Gasteiger charge is -2.27. The van der Waals surface area contributed by atoms with Gasteiger partial charge in [0.1, 0.15) is 0 Å². The molecule has 0 aliphatic heterocycles. The molecule has 0 aromatic rings. The molecular weight excluding hydrogens is 569 g/mol. The maximum atomic E-state index is 12.9. The minimum Gasteiger partial charge on any atom is -0.171 e. The second-order valence-electron chi connectivity index (χ2n) is 5.12. The van der Waals surface area contributed by atoms with Crippen LogP contribution >= 0.6 is 45.2 Å². The van der Waals surface area contributed by atoms with Crippen molar-refractivity contribution in [1.29, 1.82) is 0 Å². The van der Waals surface area contributed by atoms with Crippen LogP contribution in [0.2, 0.25) is 0 Å². The number of halogens is 11. The van der Waals surface area contributed by atoms with Gasteiger partial charge >= 0.3 is 18.5 Å². The van der Waals surface area contributed by atoms with Crippen molar-refractivity contribution < 1.29 is 39.5 Å². The van der Waals surface area contributed by atoms with Crippen molar-refractivity contribution in [2.45, 2.75) is 59.0 Å². The summed E-state index contributed by atoms with van der Waals surface area (Å²) >= 11 is 2.97. The summed E-state index contributed by atoms with van der Waals surface area (Å²) in [6.45, 7) is 1.54. The first kappa shape index (κ1) is 23.8. The molecule has 0 saturated carbocycles. The van der Waals surface area contributed by atoms with Gasteiger partial charge in [0.15, 0.2) is 5.92 Å². The van der Waals surface area contributed by atoms with Gasteiger partial charge < -0.3 is 0 Å². The molecule has 3 atom stereocenters. The SMILES string of the molecule is CCC(I)C(CCC(I)CC(C(F)(F)F)C(F)(F)F)C(F)(F)F. The summed E-state index contributed by atoms with van der Waals surface area (Å²) in [7, 11) is 0. The van der Waals surface area contributed by atoms with Gasteiger partial charge in [0.2, 0.25) is 0 Å². The minimum atomic E-state index is -5.46. The predicted molar refractivity (Wildman–Crippen MR) is 84.9 cm³/mol. The van der Waals surface area contributed by atoms with Gasteiger partial charge in [-0.3, -0.25) is 0 Å². The number of alkyl halides is 11. The van der Waals surface area contributed by atoms with E-state index in [4.69, 9.17) is 0 Å². The summed E-state index contributed by atoms with van der Waals surface area (Å²) in [5.41, 5.74) is 0. The van der Waals surface area contributed by atoms with Crippen LogP contribution in [-0.4, -0.2) is 26.4 Å². The predicted octanol–water partition coefficient (Wildman–Crippen LogP) is 7.09. The molecule has 0 N–H and O–H groups in total. The van der Waals surface area contributed by atoms with Crippen LogP contribution in [0, 0.1) is 11.8 Å². The molecule has 0 heterocycles. The molecule has 0 amide bonds. The van der Waals surface area contributed by atoms with Gasteiger partial charge in [-0.2, -0.15) is 39.5 Å².